The second-order valence-electron chi connectivity index (χ2n) is 8.10. The monoisotopic (exact) mass is 473 g/mol. The van der Waals surface area contributed by atoms with E-state index in [0.717, 1.165) is 0 Å². The first kappa shape index (κ1) is 29.7. The van der Waals surface area contributed by atoms with Crippen LogP contribution in [0.5, 0.6) is 0 Å². The van der Waals surface area contributed by atoms with Crippen LogP contribution in [0.2, 0.25) is 0 Å². The highest BCUT2D eigenvalue weighted by Gasteiger charge is 2.34. The van der Waals surface area contributed by atoms with Gasteiger partial charge in [0.05, 0.1) is 6.54 Å². The van der Waals surface area contributed by atoms with Gasteiger partial charge >= 0.3 is 0 Å². The molecule has 2 atom stereocenters. The zero-order valence-electron chi connectivity index (χ0n) is 20.1. The molecule has 0 fully saturated rings. The molecule has 0 unspecified atom stereocenters. The fourth-order valence-electron chi connectivity index (χ4n) is 2.94. The highest BCUT2D eigenvalue weighted by molar-refractivity contribution is 7.99. The third-order valence-corrected chi connectivity index (χ3v) is 5.83. The van der Waals surface area contributed by atoms with E-state index < -0.39 is 18.0 Å². The maximum atomic E-state index is 13.2. The van der Waals surface area contributed by atoms with Crippen molar-refractivity contribution in [2.75, 3.05) is 38.7 Å². The van der Waals surface area contributed by atoms with Crippen molar-refractivity contribution < 1.29 is 24.0 Å². The lowest BCUT2D eigenvalue weighted by molar-refractivity contribution is -0.146. The number of nitrogens with one attached hydrogen (secondary N) is 2. The van der Waals surface area contributed by atoms with Crippen LogP contribution in [0.25, 0.3) is 0 Å². The second-order valence-corrected chi connectivity index (χ2v) is 9.25. The fourth-order valence-corrected chi connectivity index (χ4v) is 3.94. The number of carbonyl (C=O) groups is 5. The third-order valence-electron chi connectivity index (χ3n) is 4.79. The molecule has 0 rings (SSSR count). The van der Waals surface area contributed by atoms with Crippen LogP contribution in [0.1, 0.15) is 47.0 Å². The molecule has 184 valence electrons. The minimum atomic E-state index is -0.756. The lowest BCUT2D eigenvalue weighted by Crippen LogP contribution is -2.55. The molecule has 0 aliphatic rings. The number of hydrogen-bond donors (Lipinski definition) is 3. The number of thioether (sulfide) groups is 1. The highest BCUT2D eigenvalue weighted by Crippen LogP contribution is 2.16. The molecule has 0 aromatic rings. The number of amides is 5. The van der Waals surface area contributed by atoms with E-state index in [1.54, 1.807) is 7.05 Å². The van der Waals surface area contributed by atoms with E-state index in [2.05, 4.69) is 10.6 Å². The first-order valence-corrected chi connectivity index (χ1v) is 12.0. The molecule has 10 nitrogen and oxygen atoms in total. The van der Waals surface area contributed by atoms with Crippen molar-refractivity contribution in [2.45, 2.75) is 59.0 Å². The van der Waals surface area contributed by atoms with Crippen LogP contribution >= 0.6 is 11.8 Å². The number of nitrogens with zero attached hydrogens (tertiary/aromatic N) is 2. The molecule has 0 bridgehead atoms. The number of nitrogens with two attached hydrogens (primary N) is 1. The molecule has 4 N–H and O–H groups in total. The average Bonchev–Trinajstić information content (AvgIpc) is 2.71. The predicted molar refractivity (Wildman–Crippen MR) is 126 cm³/mol. The number of hydrogen-bond acceptors (Lipinski definition) is 6. The van der Waals surface area contributed by atoms with E-state index >= 15 is 0 Å². The summed E-state index contributed by atoms with van der Waals surface area (Å²) >= 11 is 1.41. The van der Waals surface area contributed by atoms with E-state index in [4.69, 9.17) is 5.73 Å². The van der Waals surface area contributed by atoms with Gasteiger partial charge in [0.2, 0.25) is 29.5 Å². The average molecular weight is 474 g/mol. The Hall–Kier alpha value is -2.30. The van der Waals surface area contributed by atoms with Gasteiger partial charge in [0.1, 0.15) is 12.1 Å². The molecule has 0 aromatic heterocycles. The van der Waals surface area contributed by atoms with Gasteiger partial charge in [0.15, 0.2) is 0 Å². The Labute approximate surface area is 195 Å². The van der Waals surface area contributed by atoms with E-state index in [9.17, 15) is 24.0 Å². The summed E-state index contributed by atoms with van der Waals surface area (Å²) in [5, 5.41) is 5.09. The van der Waals surface area contributed by atoms with Crippen molar-refractivity contribution in [1.29, 1.82) is 0 Å². The van der Waals surface area contributed by atoms with Crippen molar-refractivity contribution >= 4 is 41.3 Å². The lowest BCUT2D eigenvalue weighted by Gasteiger charge is -2.34. The largest absolute Gasteiger partial charge is 0.368 e. The maximum absolute atomic E-state index is 13.2. The Morgan fingerprint density at radius 2 is 1.62 bits per heavy atom. The molecule has 0 aromatic carbocycles. The fraction of sp³-hybridized carbons (Fsp3) is 0.762. The van der Waals surface area contributed by atoms with Crippen LogP contribution in [0.3, 0.4) is 0 Å². The van der Waals surface area contributed by atoms with Crippen molar-refractivity contribution in [1.82, 2.24) is 20.4 Å². The Kier molecular flexibility index (Phi) is 14.4. The molecule has 0 saturated carbocycles. The number of likely N-dealkylation sites (N-methyl/N-ethyl adjacent to an activating group) is 2. The van der Waals surface area contributed by atoms with Gasteiger partial charge in [-0.2, -0.15) is 11.8 Å². The van der Waals surface area contributed by atoms with Gasteiger partial charge in [-0.15, -0.1) is 0 Å². The van der Waals surface area contributed by atoms with Gasteiger partial charge in [-0.3, -0.25) is 24.0 Å². The lowest BCUT2D eigenvalue weighted by atomic mass is 10.0. The quantitative estimate of drug-likeness (QED) is 0.285. The van der Waals surface area contributed by atoms with E-state index in [-0.39, 0.29) is 36.1 Å². The first-order valence-electron chi connectivity index (χ1n) is 10.8. The molecular weight excluding hydrogens is 434 g/mol. The molecule has 0 saturated heterocycles. The molecule has 32 heavy (non-hydrogen) atoms. The Bertz CT molecular complexity index is 658. The second kappa shape index (κ2) is 15.5. The smallest absolute Gasteiger partial charge is 0.246 e. The van der Waals surface area contributed by atoms with Crippen LogP contribution in [0.4, 0.5) is 0 Å². The molecule has 5 amide bonds. The molecule has 0 aliphatic carbocycles. The van der Waals surface area contributed by atoms with Crippen LogP contribution in [0, 0.1) is 5.92 Å². The Morgan fingerprint density at radius 1 is 1.00 bits per heavy atom. The molecule has 0 spiro atoms. The van der Waals surface area contributed by atoms with Crippen LogP contribution < -0.4 is 16.4 Å². The predicted octanol–water partition coefficient (Wildman–Crippen LogP) is -0.0426. The van der Waals surface area contributed by atoms with Crippen molar-refractivity contribution in [2.24, 2.45) is 11.7 Å². The molecule has 0 radical (unpaired) electrons. The summed E-state index contributed by atoms with van der Waals surface area (Å²) in [6.45, 7) is 7.36. The van der Waals surface area contributed by atoms with Gasteiger partial charge in [-0.1, -0.05) is 20.8 Å². The minimum absolute atomic E-state index is 0.0927. The van der Waals surface area contributed by atoms with Gasteiger partial charge in [0, 0.05) is 45.5 Å². The Balaban J connectivity index is 5.10. The molecular formula is C21H39N5O5S. The molecule has 0 aliphatic heterocycles. The summed E-state index contributed by atoms with van der Waals surface area (Å²) in [7, 11) is 3.13. The molecule has 0 heterocycles. The summed E-state index contributed by atoms with van der Waals surface area (Å²) in [6, 6.07) is -1.51. The van der Waals surface area contributed by atoms with Crippen molar-refractivity contribution in [3.05, 3.63) is 0 Å². The first-order chi connectivity index (χ1) is 14.9. The van der Waals surface area contributed by atoms with Crippen LogP contribution in [-0.2, 0) is 24.0 Å². The SMILES string of the molecule is CCCC(=O)N(C)[C@H](CSCCNC(=O)CNC(C)=O)C(=O)N(C)[C@@H](CC(C)C)C(N)=O. The minimum Gasteiger partial charge on any atom is -0.368 e. The van der Waals surface area contributed by atoms with E-state index in [1.807, 2.05) is 20.8 Å². The standard InChI is InChI=1S/C21H39N5O5S/c1-7-8-19(29)25(5)17(13-32-10-9-23-18(28)12-24-15(4)27)21(31)26(6)16(20(22)30)11-14(2)3/h14,16-17H,7-13H2,1-6H3,(H2,22,30)(H,23,28)(H,24,27)/t16-,17+/m0/s1. The van der Waals surface area contributed by atoms with E-state index in [0.29, 0.717) is 37.3 Å². The maximum Gasteiger partial charge on any atom is 0.246 e. The Morgan fingerprint density at radius 3 is 2.12 bits per heavy atom. The van der Waals surface area contributed by atoms with Crippen molar-refractivity contribution in [3.63, 3.8) is 0 Å². The van der Waals surface area contributed by atoms with Crippen LogP contribution in [0.15, 0.2) is 0 Å². The number of rotatable bonds is 15. The normalized spacial score (nSPS) is 12.6. The number of primary amides is 1. The summed E-state index contributed by atoms with van der Waals surface area (Å²) in [4.78, 5) is 62.9. The van der Waals surface area contributed by atoms with Crippen molar-refractivity contribution in [3.8, 4) is 0 Å². The van der Waals surface area contributed by atoms with Gasteiger partial charge in [0.25, 0.3) is 0 Å². The zero-order chi connectivity index (χ0) is 24.8. The number of carbonyl (C=O) groups excluding carboxylic acids is 5. The van der Waals surface area contributed by atoms with Crippen LogP contribution in [-0.4, -0.2) is 90.1 Å². The van der Waals surface area contributed by atoms with E-state index in [1.165, 1.54) is 35.5 Å². The summed E-state index contributed by atoms with van der Waals surface area (Å²) < 4.78 is 0. The van der Waals surface area contributed by atoms with Gasteiger partial charge in [-0.25, -0.2) is 0 Å². The topological polar surface area (TPSA) is 142 Å². The summed E-state index contributed by atoms with van der Waals surface area (Å²) in [5.41, 5.74) is 5.53. The highest BCUT2D eigenvalue weighted by atomic mass is 32.2. The molecule has 11 heteroatoms. The zero-order valence-corrected chi connectivity index (χ0v) is 20.9. The third kappa shape index (κ3) is 11.4. The van der Waals surface area contributed by atoms with Gasteiger partial charge < -0.3 is 26.2 Å². The summed E-state index contributed by atoms with van der Waals surface area (Å²) in [6.07, 6.45) is 1.41. The summed E-state index contributed by atoms with van der Waals surface area (Å²) in [5.74, 6) is -0.676. The van der Waals surface area contributed by atoms with Gasteiger partial charge in [-0.05, 0) is 18.8 Å².